The number of carbonyl (C=O) groups excluding carboxylic acids is 3. The molecule has 2 heterocycles. The molecule has 0 saturated heterocycles. The van der Waals surface area contributed by atoms with Crippen LogP contribution in [-0.4, -0.2) is 58.0 Å². The zero-order valence-corrected chi connectivity index (χ0v) is 31.8. The standard InChI is InChI=1S/C41H54F2N4O7/c1-5-6-7-8-9-10-11-12-13-14-15-16-34(48)45-31-21-18-28(19-22-31)41(52)54-38-36-40(51)47(27(2)3)35(53-4)26-46(36)25-32(37(38)49)39(50)44-24-29-17-20-30(42)23-33(29)43/h17-23,25,27,34-35,45,48H,5-16,24,26H2,1-4H3,(H,44,50)/t34?,35-/m0/s1. The van der Waals surface area contributed by atoms with Gasteiger partial charge in [0.05, 0.1) is 12.1 Å². The summed E-state index contributed by atoms with van der Waals surface area (Å²) in [5.41, 5.74) is -1.11. The fourth-order valence-corrected chi connectivity index (χ4v) is 6.58. The van der Waals surface area contributed by atoms with Gasteiger partial charge in [0.1, 0.15) is 23.4 Å². The van der Waals surface area contributed by atoms with Crippen molar-refractivity contribution < 1.29 is 37.7 Å². The summed E-state index contributed by atoms with van der Waals surface area (Å²) in [6.45, 7) is 5.41. The summed E-state index contributed by atoms with van der Waals surface area (Å²) in [6.07, 6.45) is 13.6. The van der Waals surface area contributed by atoms with Gasteiger partial charge in [-0.2, -0.15) is 0 Å². The summed E-state index contributed by atoms with van der Waals surface area (Å²) < 4.78 is 40.1. The third-order valence-corrected chi connectivity index (χ3v) is 9.60. The molecule has 0 bridgehead atoms. The molecule has 1 aromatic heterocycles. The number of pyridine rings is 1. The first kappa shape index (κ1) is 42.1. The van der Waals surface area contributed by atoms with Crippen molar-refractivity contribution in [1.29, 1.82) is 0 Å². The van der Waals surface area contributed by atoms with Crippen LogP contribution in [0.3, 0.4) is 0 Å². The molecule has 0 spiro atoms. The second-order valence-electron chi connectivity index (χ2n) is 14.1. The fourth-order valence-electron chi connectivity index (χ4n) is 6.58. The van der Waals surface area contributed by atoms with Gasteiger partial charge >= 0.3 is 5.97 Å². The first-order chi connectivity index (χ1) is 25.9. The van der Waals surface area contributed by atoms with E-state index in [-0.39, 0.29) is 36.0 Å². The Morgan fingerprint density at radius 1 is 0.926 bits per heavy atom. The van der Waals surface area contributed by atoms with Gasteiger partial charge in [-0.3, -0.25) is 14.4 Å². The van der Waals surface area contributed by atoms with E-state index >= 15 is 0 Å². The summed E-state index contributed by atoms with van der Waals surface area (Å²) in [5, 5.41) is 16.0. The third-order valence-electron chi connectivity index (χ3n) is 9.60. The van der Waals surface area contributed by atoms with E-state index in [4.69, 9.17) is 9.47 Å². The highest BCUT2D eigenvalue weighted by atomic mass is 19.1. The number of nitrogens with one attached hydrogen (secondary N) is 2. The number of benzene rings is 2. The number of fused-ring (bicyclic) bond motifs is 1. The molecule has 2 aromatic carbocycles. The van der Waals surface area contributed by atoms with E-state index < -0.39 is 58.6 Å². The van der Waals surface area contributed by atoms with Crippen molar-refractivity contribution in [1.82, 2.24) is 14.8 Å². The van der Waals surface area contributed by atoms with Crippen molar-refractivity contribution in [2.45, 2.75) is 129 Å². The van der Waals surface area contributed by atoms with Gasteiger partial charge < -0.3 is 34.7 Å². The molecular formula is C41H54F2N4O7. The molecule has 0 aliphatic carbocycles. The topological polar surface area (TPSA) is 139 Å². The number of methoxy groups -OCH3 is 1. The van der Waals surface area contributed by atoms with Crippen molar-refractivity contribution in [2.24, 2.45) is 0 Å². The summed E-state index contributed by atoms with van der Waals surface area (Å²) in [7, 11) is 1.42. The maximum absolute atomic E-state index is 14.2. The number of halogens is 2. The summed E-state index contributed by atoms with van der Waals surface area (Å²) in [5.74, 6) is -4.83. The van der Waals surface area contributed by atoms with Crippen LogP contribution in [0.1, 0.15) is 135 Å². The van der Waals surface area contributed by atoms with Crippen LogP contribution in [0.4, 0.5) is 14.5 Å². The van der Waals surface area contributed by atoms with Crippen LogP contribution in [-0.2, 0) is 17.8 Å². The molecule has 0 radical (unpaired) electrons. The summed E-state index contributed by atoms with van der Waals surface area (Å²) >= 11 is 0. The lowest BCUT2D eigenvalue weighted by atomic mass is 10.1. The Hall–Kier alpha value is -4.62. The monoisotopic (exact) mass is 752 g/mol. The number of anilines is 1. The Morgan fingerprint density at radius 2 is 1.56 bits per heavy atom. The molecule has 2 atom stereocenters. The van der Waals surface area contributed by atoms with E-state index in [9.17, 15) is 33.1 Å². The molecule has 0 saturated carbocycles. The van der Waals surface area contributed by atoms with Gasteiger partial charge in [0.2, 0.25) is 11.2 Å². The van der Waals surface area contributed by atoms with Crippen molar-refractivity contribution >= 4 is 23.5 Å². The molecule has 294 valence electrons. The number of hydrogen-bond acceptors (Lipinski definition) is 8. The van der Waals surface area contributed by atoms with Crippen LogP contribution in [0, 0.1) is 11.6 Å². The molecule has 54 heavy (non-hydrogen) atoms. The van der Waals surface area contributed by atoms with E-state index in [1.54, 1.807) is 26.0 Å². The number of ether oxygens (including phenoxy) is 2. The van der Waals surface area contributed by atoms with Gasteiger partial charge in [-0.1, -0.05) is 77.2 Å². The minimum Gasteiger partial charge on any atom is -0.416 e. The van der Waals surface area contributed by atoms with Crippen LogP contribution >= 0.6 is 0 Å². The zero-order chi connectivity index (χ0) is 39.2. The van der Waals surface area contributed by atoms with E-state index in [1.807, 2.05) is 0 Å². The van der Waals surface area contributed by atoms with Gasteiger partial charge in [0.15, 0.2) is 11.9 Å². The lowest BCUT2D eigenvalue weighted by Gasteiger charge is -2.39. The predicted octanol–water partition coefficient (Wildman–Crippen LogP) is 7.54. The summed E-state index contributed by atoms with van der Waals surface area (Å²) in [6, 6.07) is 8.63. The molecule has 1 aliphatic rings. The Kier molecular flexibility index (Phi) is 16.2. The molecule has 3 aromatic rings. The second kappa shape index (κ2) is 20.7. The van der Waals surface area contributed by atoms with Gasteiger partial charge in [-0.05, 0) is 57.0 Å². The lowest BCUT2D eigenvalue weighted by molar-refractivity contribution is -0.0513. The fraction of sp³-hybridized carbons (Fsp3) is 0.512. The molecule has 0 fully saturated rings. The number of aliphatic hydroxyl groups is 1. The Balaban J connectivity index is 1.42. The highest BCUT2D eigenvalue weighted by molar-refractivity contribution is 6.01. The van der Waals surface area contributed by atoms with Crippen LogP contribution in [0.25, 0.3) is 0 Å². The Morgan fingerprint density at radius 3 is 2.15 bits per heavy atom. The lowest BCUT2D eigenvalue weighted by Crippen LogP contribution is -2.53. The highest BCUT2D eigenvalue weighted by Gasteiger charge is 2.39. The van der Waals surface area contributed by atoms with Gasteiger partial charge in [0.25, 0.3) is 11.8 Å². The first-order valence-electron chi connectivity index (χ1n) is 19.1. The Labute approximate surface area is 316 Å². The smallest absolute Gasteiger partial charge is 0.343 e. The Bertz CT molecular complexity index is 1780. The minimum atomic E-state index is -1.02. The zero-order valence-electron chi connectivity index (χ0n) is 31.8. The molecule has 13 heteroatoms. The molecular weight excluding hydrogens is 698 g/mol. The largest absolute Gasteiger partial charge is 0.416 e. The number of unbranched alkanes of at least 4 members (excludes halogenated alkanes) is 10. The number of hydrogen-bond donors (Lipinski definition) is 3. The molecule has 2 amide bonds. The number of aromatic nitrogens is 1. The number of rotatable bonds is 21. The van der Waals surface area contributed by atoms with E-state index in [2.05, 4.69) is 17.6 Å². The maximum atomic E-state index is 14.2. The van der Waals surface area contributed by atoms with Crippen molar-refractivity contribution in [3.8, 4) is 5.75 Å². The second-order valence-corrected chi connectivity index (χ2v) is 14.1. The number of esters is 1. The van der Waals surface area contributed by atoms with E-state index in [1.165, 1.54) is 92.3 Å². The number of amides is 2. The van der Waals surface area contributed by atoms with Crippen LogP contribution in [0.15, 0.2) is 53.5 Å². The van der Waals surface area contributed by atoms with Crippen LogP contribution in [0.2, 0.25) is 0 Å². The van der Waals surface area contributed by atoms with Gasteiger partial charge in [-0.25, -0.2) is 13.6 Å². The number of carbonyl (C=O) groups is 3. The van der Waals surface area contributed by atoms with Crippen molar-refractivity contribution in [3.63, 3.8) is 0 Å². The average molecular weight is 753 g/mol. The van der Waals surface area contributed by atoms with Crippen LogP contribution < -0.4 is 20.8 Å². The molecule has 1 aliphatic heterocycles. The quantitative estimate of drug-likeness (QED) is 0.0577. The van der Waals surface area contributed by atoms with Gasteiger partial charge in [-0.15, -0.1) is 0 Å². The molecule has 11 nitrogen and oxygen atoms in total. The number of aliphatic hydroxyl groups excluding tert-OH is 1. The van der Waals surface area contributed by atoms with Gasteiger partial charge in [0, 0.05) is 43.2 Å². The SMILES string of the molecule is CCCCCCCCCCCCCC(O)Nc1ccc(C(=O)Oc2c3n(cc(C(=O)NCc4ccc(F)cc4F)c2=O)C[C@H](OC)N(C(C)C)C3=O)cc1. The highest BCUT2D eigenvalue weighted by Crippen LogP contribution is 2.27. The number of nitrogens with zero attached hydrogens (tertiary/aromatic N) is 2. The van der Waals surface area contributed by atoms with Crippen molar-refractivity contribution in [2.75, 3.05) is 12.4 Å². The summed E-state index contributed by atoms with van der Waals surface area (Å²) in [4.78, 5) is 55.8. The molecule has 1 unspecified atom stereocenters. The van der Waals surface area contributed by atoms with E-state index in [0.717, 1.165) is 25.3 Å². The van der Waals surface area contributed by atoms with E-state index in [0.29, 0.717) is 18.2 Å². The molecule has 4 rings (SSSR count). The first-order valence-corrected chi connectivity index (χ1v) is 19.1. The predicted molar refractivity (Wildman–Crippen MR) is 202 cm³/mol. The van der Waals surface area contributed by atoms with Crippen molar-refractivity contribution in [3.05, 3.63) is 92.9 Å². The third kappa shape index (κ3) is 11.4. The van der Waals surface area contributed by atoms with Crippen LogP contribution in [0.5, 0.6) is 5.75 Å². The maximum Gasteiger partial charge on any atom is 0.343 e. The molecule has 3 N–H and O–H groups in total. The minimum absolute atomic E-state index is 0.00927. The average Bonchev–Trinajstić information content (AvgIpc) is 3.14. The normalized spacial score (nSPS) is 14.6.